The van der Waals surface area contributed by atoms with E-state index in [1.165, 1.54) is 0 Å². The summed E-state index contributed by atoms with van der Waals surface area (Å²) in [5, 5.41) is 10.4. The van der Waals surface area contributed by atoms with Crippen molar-refractivity contribution in [2.75, 3.05) is 36.5 Å². The van der Waals surface area contributed by atoms with Crippen molar-refractivity contribution in [1.82, 2.24) is 9.97 Å². The van der Waals surface area contributed by atoms with Gasteiger partial charge in [0.2, 0.25) is 11.8 Å². The summed E-state index contributed by atoms with van der Waals surface area (Å²) in [6.45, 7) is 1.23. The van der Waals surface area contributed by atoms with Gasteiger partial charge in [0.05, 0.1) is 30.4 Å². The fourth-order valence-electron chi connectivity index (χ4n) is 3.23. The summed E-state index contributed by atoms with van der Waals surface area (Å²) in [7, 11) is 1.54. The number of aromatic nitrogens is 2. The van der Waals surface area contributed by atoms with E-state index in [4.69, 9.17) is 4.74 Å². The Balaban J connectivity index is 1.62. The second kappa shape index (κ2) is 6.92. The first-order chi connectivity index (χ1) is 13.2. The number of amides is 1. The summed E-state index contributed by atoms with van der Waals surface area (Å²) >= 11 is 0. The van der Waals surface area contributed by atoms with Crippen molar-refractivity contribution >= 4 is 28.3 Å². The highest BCUT2D eigenvalue weighted by atomic mass is 16.5. The number of nitrogens with zero attached hydrogens (tertiary/aromatic N) is 5. The number of methoxy groups -OCH3 is 1. The fourth-order valence-corrected chi connectivity index (χ4v) is 3.23. The molecule has 1 aromatic carbocycles. The molecule has 0 radical (unpaired) electrons. The maximum Gasteiger partial charge on any atom is 0.246 e. The van der Waals surface area contributed by atoms with E-state index in [9.17, 15) is 10.1 Å². The number of pyridine rings is 2. The van der Waals surface area contributed by atoms with Crippen molar-refractivity contribution in [3.05, 3.63) is 54.2 Å². The quantitative estimate of drug-likeness (QED) is 0.714. The summed E-state index contributed by atoms with van der Waals surface area (Å²) < 4.78 is 5.14. The first-order valence-electron chi connectivity index (χ1n) is 8.55. The molecule has 3 aromatic rings. The number of anilines is 2. The lowest BCUT2D eigenvalue weighted by atomic mass is 10.1. The van der Waals surface area contributed by atoms with Gasteiger partial charge < -0.3 is 14.5 Å². The number of rotatable bonds is 3. The first kappa shape index (κ1) is 16.8. The number of hydrogen-bond donors (Lipinski definition) is 0. The Bertz CT molecular complexity index is 1060. The summed E-state index contributed by atoms with van der Waals surface area (Å²) in [6.07, 6.45) is 1.62. The Morgan fingerprint density at radius 2 is 2.04 bits per heavy atom. The van der Waals surface area contributed by atoms with Crippen LogP contribution in [0.4, 0.5) is 11.5 Å². The molecule has 2 aromatic heterocycles. The van der Waals surface area contributed by atoms with Crippen molar-refractivity contribution in [3.8, 4) is 11.9 Å². The molecule has 0 aliphatic carbocycles. The number of carbonyl (C=O) groups is 1. The molecule has 3 heterocycles. The van der Waals surface area contributed by atoms with E-state index in [0.717, 1.165) is 16.6 Å². The normalized spacial score (nSPS) is 14.3. The molecule has 1 aliphatic rings. The average molecular weight is 359 g/mol. The Kier molecular flexibility index (Phi) is 4.30. The second-order valence-corrected chi connectivity index (χ2v) is 6.19. The summed E-state index contributed by atoms with van der Waals surface area (Å²) in [5.74, 6) is 0.954. The van der Waals surface area contributed by atoms with E-state index in [1.807, 2.05) is 35.2 Å². The van der Waals surface area contributed by atoms with Gasteiger partial charge >= 0.3 is 0 Å². The molecule has 27 heavy (non-hydrogen) atoms. The molecular weight excluding hydrogens is 342 g/mol. The van der Waals surface area contributed by atoms with Gasteiger partial charge in [-0.3, -0.25) is 4.79 Å². The number of ether oxygens (including phenoxy) is 1. The number of para-hydroxylation sites is 1. The molecule has 0 N–H and O–H groups in total. The molecule has 0 bridgehead atoms. The van der Waals surface area contributed by atoms with Crippen molar-refractivity contribution in [2.45, 2.75) is 0 Å². The smallest absolute Gasteiger partial charge is 0.246 e. The Hall–Kier alpha value is -3.66. The first-order valence-corrected chi connectivity index (χ1v) is 8.55. The van der Waals surface area contributed by atoms with E-state index in [0.29, 0.717) is 30.4 Å². The zero-order chi connectivity index (χ0) is 18.8. The number of piperazine rings is 1. The number of carbonyl (C=O) groups excluding carboxylic acids is 1. The van der Waals surface area contributed by atoms with Gasteiger partial charge in [-0.2, -0.15) is 5.26 Å². The van der Waals surface area contributed by atoms with E-state index >= 15 is 0 Å². The fraction of sp³-hybridized carbons (Fsp3) is 0.200. The van der Waals surface area contributed by atoms with Crippen molar-refractivity contribution < 1.29 is 9.53 Å². The van der Waals surface area contributed by atoms with Crippen LogP contribution < -0.4 is 14.5 Å². The largest absolute Gasteiger partial charge is 0.481 e. The molecule has 4 rings (SSSR count). The van der Waals surface area contributed by atoms with E-state index < -0.39 is 0 Å². The zero-order valence-electron chi connectivity index (χ0n) is 14.8. The van der Waals surface area contributed by atoms with E-state index in [2.05, 4.69) is 16.0 Å². The van der Waals surface area contributed by atoms with Crippen molar-refractivity contribution in [3.63, 3.8) is 0 Å². The molecule has 1 saturated heterocycles. The monoisotopic (exact) mass is 359 g/mol. The van der Waals surface area contributed by atoms with Crippen LogP contribution in [0.3, 0.4) is 0 Å². The van der Waals surface area contributed by atoms with Crippen LogP contribution in [-0.4, -0.2) is 42.6 Å². The van der Waals surface area contributed by atoms with Crippen LogP contribution in [0.2, 0.25) is 0 Å². The van der Waals surface area contributed by atoms with Crippen LogP contribution in [0.5, 0.6) is 5.88 Å². The van der Waals surface area contributed by atoms with Gasteiger partial charge in [0.15, 0.2) is 0 Å². The van der Waals surface area contributed by atoms with Gasteiger partial charge in [-0.1, -0.05) is 18.2 Å². The molecule has 0 saturated carbocycles. The van der Waals surface area contributed by atoms with Gasteiger partial charge in [-0.25, -0.2) is 9.97 Å². The zero-order valence-corrected chi connectivity index (χ0v) is 14.8. The molecule has 7 heteroatoms. The lowest BCUT2D eigenvalue weighted by Crippen LogP contribution is -2.51. The van der Waals surface area contributed by atoms with E-state index in [1.54, 1.807) is 30.3 Å². The van der Waals surface area contributed by atoms with Gasteiger partial charge in [0, 0.05) is 30.7 Å². The number of fused-ring (bicyclic) bond motifs is 1. The lowest BCUT2D eigenvalue weighted by molar-refractivity contribution is -0.117. The third-order valence-corrected chi connectivity index (χ3v) is 4.58. The highest BCUT2D eigenvalue weighted by Gasteiger charge is 2.27. The minimum absolute atomic E-state index is 0.0617. The lowest BCUT2D eigenvalue weighted by Gasteiger charge is -2.35. The molecule has 7 nitrogen and oxygen atoms in total. The summed E-state index contributed by atoms with van der Waals surface area (Å²) in [6, 6.07) is 15.2. The van der Waals surface area contributed by atoms with Gasteiger partial charge in [-0.15, -0.1) is 0 Å². The van der Waals surface area contributed by atoms with Gasteiger partial charge in [-0.05, 0) is 18.2 Å². The Morgan fingerprint density at radius 3 is 2.81 bits per heavy atom. The summed E-state index contributed by atoms with van der Waals surface area (Å²) in [4.78, 5) is 25.0. The molecule has 0 unspecified atom stereocenters. The molecule has 1 fully saturated rings. The van der Waals surface area contributed by atoms with Crippen LogP contribution in [-0.2, 0) is 4.79 Å². The highest BCUT2D eigenvalue weighted by Crippen LogP contribution is 2.26. The predicted molar refractivity (Wildman–Crippen MR) is 102 cm³/mol. The average Bonchev–Trinajstić information content (AvgIpc) is 2.72. The highest BCUT2D eigenvalue weighted by molar-refractivity contribution is 5.98. The minimum Gasteiger partial charge on any atom is -0.481 e. The van der Waals surface area contributed by atoms with Crippen LogP contribution in [0.25, 0.3) is 10.9 Å². The van der Waals surface area contributed by atoms with Crippen molar-refractivity contribution in [1.29, 1.82) is 5.26 Å². The maximum atomic E-state index is 12.8. The third-order valence-electron chi connectivity index (χ3n) is 4.58. The number of nitriles is 1. The molecule has 0 spiro atoms. The molecular formula is C20H17N5O2. The minimum atomic E-state index is -0.0617. The molecule has 1 amide bonds. The molecule has 134 valence electrons. The van der Waals surface area contributed by atoms with Gasteiger partial charge in [0.25, 0.3) is 0 Å². The van der Waals surface area contributed by atoms with Crippen LogP contribution in [0.15, 0.2) is 48.7 Å². The molecule has 1 aliphatic heterocycles. The van der Waals surface area contributed by atoms with E-state index in [-0.39, 0.29) is 12.5 Å². The Morgan fingerprint density at radius 1 is 1.19 bits per heavy atom. The molecule has 0 atom stereocenters. The maximum absolute atomic E-state index is 12.8. The van der Waals surface area contributed by atoms with Gasteiger partial charge in [0.1, 0.15) is 11.9 Å². The SMILES string of the molecule is COc1cc(N2CCN(c3nc4ccccc4cc3C#N)CC2=O)ccn1. The third kappa shape index (κ3) is 3.13. The standard InChI is InChI=1S/C20H17N5O2/c1-27-18-11-16(6-7-22-18)25-9-8-24(13-19(25)26)20-15(12-21)10-14-4-2-3-5-17(14)23-20/h2-7,10-11H,8-9,13H2,1H3. The van der Waals surface area contributed by atoms with Crippen LogP contribution >= 0.6 is 0 Å². The van der Waals surface area contributed by atoms with Crippen LogP contribution in [0.1, 0.15) is 5.56 Å². The number of hydrogen-bond acceptors (Lipinski definition) is 6. The Labute approximate surface area is 156 Å². The second-order valence-electron chi connectivity index (χ2n) is 6.19. The van der Waals surface area contributed by atoms with Crippen molar-refractivity contribution in [2.24, 2.45) is 0 Å². The topological polar surface area (TPSA) is 82.4 Å². The number of benzene rings is 1. The predicted octanol–water partition coefficient (Wildman–Crippen LogP) is 2.36. The summed E-state index contributed by atoms with van der Waals surface area (Å²) in [5.41, 5.74) is 2.03. The van der Waals surface area contributed by atoms with Crippen LogP contribution in [0, 0.1) is 11.3 Å².